The first-order valence-electron chi connectivity index (χ1n) is 8.43. The highest BCUT2D eigenvalue weighted by Gasteiger charge is 2.28. The fourth-order valence-electron chi connectivity index (χ4n) is 3.00. The second-order valence-electron chi connectivity index (χ2n) is 6.28. The molecule has 1 aromatic carbocycles. The van der Waals surface area contributed by atoms with Gasteiger partial charge >= 0.3 is 0 Å². The summed E-state index contributed by atoms with van der Waals surface area (Å²) in [5, 5.41) is 4.06. The van der Waals surface area contributed by atoms with E-state index in [1.165, 1.54) is 25.7 Å². The molecule has 1 atom stereocenters. The minimum absolute atomic E-state index is 0.299. The number of amides is 1. The average Bonchev–Trinajstić information content (AvgIpc) is 3.05. The third kappa shape index (κ3) is 6.08. The molecule has 5 nitrogen and oxygen atoms in total. The van der Waals surface area contributed by atoms with Crippen molar-refractivity contribution in [1.29, 1.82) is 0 Å². The summed E-state index contributed by atoms with van der Waals surface area (Å²) in [5.74, 6) is 0.551. The van der Waals surface area contributed by atoms with Crippen LogP contribution in [0.3, 0.4) is 0 Å². The molecule has 140 valence electrons. The van der Waals surface area contributed by atoms with Gasteiger partial charge in [-0.1, -0.05) is 24.4 Å². The van der Waals surface area contributed by atoms with E-state index in [0.29, 0.717) is 22.5 Å². The molecule has 0 aliphatic heterocycles. The average molecular weight is 405 g/mol. The zero-order valence-corrected chi connectivity index (χ0v) is 17.0. The second kappa shape index (κ2) is 9.14. The normalized spacial score (nSPS) is 16.6. The molecule has 1 saturated carbocycles. The van der Waals surface area contributed by atoms with E-state index < -0.39 is 16.1 Å². The highest BCUT2D eigenvalue weighted by molar-refractivity contribution is 7.99. The Bertz CT molecular complexity index is 674. The van der Waals surface area contributed by atoms with Crippen LogP contribution in [0.4, 0.5) is 5.69 Å². The van der Waals surface area contributed by atoms with Gasteiger partial charge < -0.3 is 5.32 Å². The predicted molar refractivity (Wildman–Crippen MR) is 106 cm³/mol. The van der Waals surface area contributed by atoms with Crippen LogP contribution in [0.15, 0.2) is 24.3 Å². The summed E-state index contributed by atoms with van der Waals surface area (Å²) in [7, 11) is -3.59. The van der Waals surface area contributed by atoms with Crippen molar-refractivity contribution in [3.63, 3.8) is 0 Å². The van der Waals surface area contributed by atoms with Gasteiger partial charge in [-0.2, -0.15) is 11.8 Å². The van der Waals surface area contributed by atoms with Crippen molar-refractivity contribution in [2.24, 2.45) is 0 Å². The zero-order valence-electron chi connectivity index (χ0n) is 14.6. The van der Waals surface area contributed by atoms with E-state index >= 15 is 0 Å². The standard InChI is InChI=1S/C17H25ClN2O3S2/c1-13(17(21)19-11-12-24-16-5-3-4-6-16)20(25(2,22)23)15-9-7-14(18)8-10-15/h7-10,13,16H,3-6,11-12H2,1-2H3,(H,19,21)/t13-/m1/s1. The summed E-state index contributed by atoms with van der Waals surface area (Å²) < 4.78 is 25.5. The van der Waals surface area contributed by atoms with Crippen molar-refractivity contribution in [3.05, 3.63) is 29.3 Å². The fraction of sp³-hybridized carbons (Fsp3) is 0.588. The molecule has 0 heterocycles. The molecule has 1 fully saturated rings. The highest BCUT2D eigenvalue weighted by atomic mass is 35.5. The van der Waals surface area contributed by atoms with Gasteiger partial charge in [0.2, 0.25) is 15.9 Å². The van der Waals surface area contributed by atoms with E-state index in [9.17, 15) is 13.2 Å². The Hall–Kier alpha value is -0.920. The fourth-order valence-corrected chi connectivity index (χ4v) is 5.52. The van der Waals surface area contributed by atoms with E-state index in [-0.39, 0.29) is 5.91 Å². The Morgan fingerprint density at radius 2 is 1.92 bits per heavy atom. The lowest BCUT2D eigenvalue weighted by Crippen LogP contribution is -2.48. The molecule has 1 amide bonds. The molecule has 2 rings (SSSR count). The Kier molecular flexibility index (Phi) is 7.46. The molecule has 0 spiro atoms. The van der Waals surface area contributed by atoms with Crippen LogP contribution in [0, 0.1) is 0 Å². The molecule has 1 aliphatic rings. The molecule has 0 bridgehead atoms. The summed E-state index contributed by atoms with van der Waals surface area (Å²) in [4.78, 5) is 12.4. The molecule has 0 saturated heterocycles. The number of hydrogen-bond donors (Lipinski definition) is 1. The van der Waals surface area contributed by atoms with Crippen LogP contribution in [-0.4, -0.2) is 44.2 Å². The van der Waals surface area contributed by atoms with Crippen LogP contribution in [0.5, 0.6) is 0 Å². The van der Waals surface area contributed by atoms with Gasteiger partial charge in [-0.3, -0.25) is 9.10 Å². The van der Waals surface area contributed by atoms with Gasteiger partial charge in [0.15, 0.2) is 0 Å². The zero-order chi connectivity index (χ0) is 18.4. The maximum absolute atomic E-state index is 12.4. The van der Waals surface area contributed by atoms with Crippen LogP contribution in [0.25, 0.3) is 0 Å². The van der Waals surface area contributed by atoms with E-state index in [2.05, 4.69) is 5.32 Å². The van der Waals surface area contributed by atoms with Crippen LogP contribution in [-0.2, 0) is 14.8 Å². The number of hydrogen-bond acceptors (Lipinski definition) is 4. The van der Waals surface area contributed by atoms with Crippen molar-refractivity contribution >= 4 is 45.0 Å². The van der Waals surface area contributed by atoms with Crippen LogP contribution < -0.4 is 9.62 Å². The number of nitrogens with zero attached hydrogens (tertiary/aromatic N) is 1. The summed E-state index contributed by atoms with van der Waals surface area (Å²) >= 11 is 7.75. The minimum Gasteiger partial charge on any atom is -0.353 e. The molecule has 8 heteroatoms. The first-order chi connectivity index (χ1) is 11.8. The lowest BCUT2D eigenvalue weighted by molar-refractivity contribution is -0.121. The lowest BCUT2D eigenvalue weighted by Gasteiger charge is -2.28. The molecular weight excluding hydrogens is 380 g/mol. The van der Waals surface area contributed by atoms with Crippen molar-refractivity contribution in [2.45, 2.75) is 43.9 Å². The smallest absolute Gasteiger partial charge is 0.243 e. The number of sulfonamides is 1. The van der Waals surface area contributed by atoms with Crippen LogP contribution in [0.1, 0.15) is 32.6 Å². The summed E-state index contributed by atoms with van der Waals surface area (Å²) in [6, 6.07) is 5.59. The summed E-state index contributed by atoms with van der Waals surface area (Å²) in [6.07, 6.45) is 6.21. The molecule has 1 N–H and O–H groups in total. The second-order valence-corrected chi connectivity index (χ2v) is 9.98. The van der Waals surface area contributed by atoms with Gasteiger partial charge in [-0.05, 0) is 44.0 Å². The minimum atomic E-state index is -3.59. The maximum atomic E-state index is 12.4. The molecule has 1 aromatic rings. The SMILES string of the molecule is C[C@H](C(=O)NCCSC1CCCC1)N(c1ccc(Cl)cc1)S(C)(=O)=O. The first kappa shape index (κ1) is 20.4. The number of nitrogens with one attached hydrogen (secondary N) is 1. The van der Waals surface area contributed by atoms with Gasteiger partial charge in [0.1, 0.15) is 6.04 Å². The Balaban J connectivity index is 1.94. The van der Waals surface area contributed by atoms with Crippen LogP contribution >= 0.6 is 23.4 Å². The lowest BCUT2D eigenvalue weighted by atomic mass is 10.2. The number of halogens is 1. The largest absolute Gasteiger partial charge is 0.353 e. The van der Waals surface area contributed by atoms with Crippen molar-refractivity contribution in [1.82, 2.24) is 5.32 Å². The van der Waals surface area contributed by atoms with Crippen molar-refractivity contribution in [3.8, 4) is 0 Å². The van der Waals surface area contributed by atoms with Crippen LogP contribution in [0.2, 0.25) is 5.02 Å². The van der Waals surface area contributed by atoms with Crippen molar-refractivity contribution < 1.29 is 13.2 Å². The molecular formula is C17H25ClN2O3S2. The summed E-state index contributed by atoms with van der Waals surface area (Å²) in [6.45, 7) is 2.14. The third-order valence-electron chi connectivity index (χ3n) is 4.23. The monoisotopic (exact) mass is 404 g/mol. The van der Waals surface area contributed by atoms with Gasteiger partial charge in [-0.15, -0.1) is 0 Å². The van der Waals surface area contributed by atoms with Crippen molar-refractivity contribution in [2.75, 3.05) is 22.9 Å². The molecule has 1 aliphatic carbocycles. The number of benzene rings is 1. The van der Waals surface area contributed by atoms with E-state index in [4.69, 9.17) is 11.6 Å². The van der Waals surface area contributed by atoms with Gasteiger partial charge in [0.25, 0.3) is 0 Å². The van der Waals surface area contributed by atoms with Gasteiger partial charge in [-0.25, -0.2) is 8.42 Å². The first-order valence-corrected chi connectivity index (χ1v) is 11.7. The van der Waals surface area contributed by atoms with Gasteiger partial charge in [0, 0.05) is 22.6 Å². The molecule has 25 heavy (non-hydrogen) atoms. The molecule has 0 radical (unpaired) electrons. The highest BCUT2D eigenvalue weighted by Crippen LogP contribution is 2.29. The topological polar surface area (TPSA) is 66.5 Å². The number of anilines is 1. The molecule has 0 unspecified atom stereocenters. The number of carbonyl (C=O) groups excluding carboxylic acids is 1. The summed E-state index contributed by atoms with van der Waals surface area (Å²) in [5.41, 5.74) is 0.426. The Morgan fingerprint density at radius 1 is 1.32 bits per heavy atom. The maximum Gasteiger partial charge on any atom is 0.243 e. The number of carbonyl (C=O) groups is 1. The van der Waals surface area contributed by atoms with E-state index in [0.717, 1.165) is 16.3 Å². The van der Waals surface area contributed by atoms with E-state index in [1.54, 1.807) is 31.2 Å². The number of thioether (sulfide) groups is 1. The van der Waals surface area contributed by atoms with E-state index in [1.807, 2.05) is 11.8 Å². The predicted octanol–water partition coefficient (Wildman–Crippen LogP) is 3.29. The quantitative estimate of drug-likeness (QED) is 0.675. The Morgan fingerprint density at radius 3 is 2.48 bits per heavy atom. The molecule has 0 aromatic heterocycles. The third-order valence-corrected chi connectivity index (χ3v) is 7.10. The van der Waals surface area contributed by atoms with Gasteiger partial charge in [0.05, 0.1) is 11.9 Å². The Labute approximate surface area is 159 Å². The number of rotatable bonds is 8.